The first-order valence-electron chi connectivity index (χ1n) is 12.1. The molecule has 1 atom stereocenters. The molecular weight excluding hydrogens is 476 g/mol. The van der Waals surface area contributed by atoms with E-state index in [0.29, 0.717) is 24.9 Å². The predicted octanol–water partition coefficient (Wildman–Crippen LogP) is 3.41. The average Bonchev–Trinajstić information content (AvgIpc) is 2.89. The van der Waals surface area contributed by atoms with Crippen LogP contribution in [0.25, 0.3) is 10.8 Å². The molecule has 1 unspecified atom stereocenters. The molecule has 4 amide bonds. The quantitative estimate of drug-likeness (QED) is 0.453. The van der Waals surface area contributed by atoms with Crippen LogP contribution in [0.3, 0.4) is 0 Å². The van der Waals surface area contributed by atoms with Crippen LogP contribution in [0.2, 0.25) is 0 Å². The van der Waals surface area contributed by atoms with Crippen molar-refractivity contribution in [2.24, 2.45) is 0 Å². The maximum absolute atomic E-state index is 13.5. The number of rotatable bonds is 8. The standard InChI is InChI=1S/C28H24N2O7/c1-2-16(14-31)29-25(34)18-10-12-20-24-21(13-11-19(23(18)24)26(29)35)28(37)30(27(20)36)17-8-6-15(7-9-17)4-3-5-22(32)33/h6-13,16,31H,2-5,14H2,1H3,(H,32,33). The third-order valence-corrected chi connectivity index (χ3v) is 7.02. The Labute approximate surface area is 211 Å². The molecule has 0 fully saturated rings. The maximum Gasteiger partial charge on any atom is 0.303 e. The molecule has 5 rings (SSSR count). The van der Waals surface area contributed by atoms with Gasteiger partial charge in [0.25, 0.3) is 23.6 Å². The lowest BCUT2D eigenvalue weighted by Gasteiger charge is -2.34. The van der Waals surface area contributed by atoms with Gasteiger partial charge in [-0.3, -0.25) is 28.9 Å². The van der Waals surface area contributed by atoms with Gasteiger partial charge < -0.3 is 10.2 Å². The lowest BCUT2D eigenvalue weighted by molar-refractivity contribution is -0.137. The lowest BCUT2D eigenvalue weighted by atomic mass is 9.85. The number of nitrogens with zero attached hydrogens (tertiary/aromatic N) is 2. The highest BCUT2D eigenvalue weighted by molar-refractivity contribution is 6.39. The maximum atomic E-state index is 13.5. The Hall–Kier alpha value is -4.37. The number of aryl methyl sites for hydroxylation is 1. The molecule has 188 valence electrons. The molecule has 2 N–H and O–H groups in total. The summed E-state index contributed by atoms with van der Waals surface area (Å²) in [6.45, 7) is 1.40. The fourth-order valence-electron chi connectivity index (χ4n) is 5.11. The van der Waals surface area contributed by atoms with E-state index in [1.165, 1.54) is 24.3 Å². The second kappa shape index (κ2) is 9.25. The highest BCUT2D eigenvalue weighted by Crippen LogP contribution is 2.39. The van der Waals surface area contributed by atoms with Gasteiger partial charge in [0.1, 0.15) is 0 Å². The van der Waals surface area contributed by atoms with Crippen LogP contribution in [0, 0.1) is 0 Å². The number of carboxylic acids is 1. The van der Waals surface area contributed by atoms with E-state index in [4.69, 9.17) is 5.11 Å². The Morgan fingerprint density at radius 1 is 0.784 bits per heavy atom. The Balaban J connectivity index is 1.55. The third kappa shape index (κ3) is 3.79. The molecule has 3 aromatic carbocycles. The Morgan fingerprint density at radius 3 is 1.70 bits per heavy atom. The summed E-state index contributed by atoms with van der Waals surface area (Å²) in [5.41, 5.74) is 2.09. The van der Waals surface area contributed by atoms with Crippen molar-refractivity contribution in [1.29, 1.82) is 0 Å². The summed E-state index contributed by atoms with van der Waals surface area (Å²) in [5, 5.41) is 19.1. The van der Waals surface area contributed by atoms with Crippen LogP contribution >= 0.6 is 0 Å². The zero-order valence-corrected chi connectivity index (χ0v) is 20.1. The molecule has 9 heteroatoms. The monoisotopic (exact) mass is 500 g/mol. The summed E-state index contributed by atoms with van der Waals surface area (Å²) in [6, 6.07) is 12.1. The highest BCUT2D eigenvalue weighted by Gasteiger charge is 2.41. The number of aliphatic hydroxyl groups is 1. The van der Waals surface area contributed by atoms with E-state index in [-0.39, 0.29) is 46.1 Å². The van der Waals surface area contributed by atoms with Gasteiger partial charge in [0.2, 0.25) is 0 Å². The van der Waals surface area contributed by atoms with Crippen molar-refractivity contribution < 1.29 is 34.2 Å². The first-order chi connectivity index (χ1) is 17.8. The number of anilines is 1. The number of amides is 4. The van der Waals surface area contributed by atoms with Gasteiger partial charge >= 0.3 is 5.97 Å². The van der Waals surface area contributed by atoms with Gasteiger partial charge in [-0.2, -0.15) is 0 Å². The summed E-state index contributed by atoms with van der Waals surface area (Å²) in [6.07, 6.45) is 1.46. The van der Waals surface area contributed by atoms with E-state index in [9.17, 15) is 29.1 Å². The van der Waals surface area contributed by atoms with Crippen LogP contribution in [0.15, 0.2) is 48.5 Å². The number of hydrogen-bond donors (Lipinski definition) is 2. The highest BCUT2D eigenvalue weighted by atomic mass is 16.4. The van der Waals surface area contributed by atoms with Crippen LogP contribution in [0.4, 0.5) is 5.69 Å². The van der Waals surface area contributed by atoms with Crippen LogP contribution in [0.1, 0.15) is 73.2 Å². The van der Waals surface area contributed by atoms with E-state index >= 15 is 0 Å². The average molecular weight is 501 g/mol. The first-order valence-corrected chi connectivity index (χ1v) is 12.1. The Morgan fingerprint density at radius 2 is 1.27 bits per heavy atom. The van der Waals surface area contributed by atoms with Gasteiger partial charge in [-0.25, -0.2) is 4.90 Å². The van der Waals surface area contributed by atoms with Gasteiger partial charge in [0.05, 0.1) is 18.3 Å². The molecule has 0 radical (unpaired) electrons. The molecule has 0 saturated carbocycles. The second-order valence-electron chi connectivity index (χ2n) is 9.16. The summed E-state index contributed by atoms with van der Waals surface area (Å²) >= 11 is 0. The number of aliphatic hydroxyl groups excluding tert-OH is 1. The van der Waals surface area contributed by atoms with Crippen molar-refractivity contribution in [3.05, 3.63) is 76.3 Å². The van der Waals surface area contributed by atoms with E-state index in [2.05, 4.69) is 0 Å². The van der Waals surface area contributed by atoms with Gasteiger partial charge in [-0.1, -0.05) is 19.1 Å². The topological polar surface area (TPSA) is 132 Å². The minimum Gasteiger partial charge on any atom is -0.481 e. The second-order valence-corrected chi connectivity index (χ2v) is 9.16. The van der Waals surface area contributed by atoms with Crippen LogP contribution < -0.4 is 4.90 Å². The van der Waals surface area contributed by atoms with Crippen LogP contribution in [-0.4, -0.2) is 57.4 Å². The number of imide groups is 2. The van der Waals surface area contributed by atoms with Crippen molar-refractivity contribution in [2.45, 2.75) is 38.6 Å². The number of benzene rings is 3. The van der Waals surface area contributed by atoms with Crippen molar-refractivity contribution in [1.82, 2.24) is 4.90 Å². The first kappa shape index (κ1) is 24.3. The van der Waals surface area contributed by atoms with E-state index in [1.54, 1.807) is 31.2 Å². The van der Waals surface area contributed by atoms with Crippen LogP contribution in [-0.2, 0) is 11.2 Å². The molecule has 37 heavy (non-hydrogen) atoms. The van der Waals surface area contributed by atoms with Crippen molar-refractivity contribution >= 4 is 46.1 Å². The van der Waals surface area contributed by atoms with Gasteiger partial charge in [0.15, 0.2) is 0 Å². The van der Waals surface area contributed by atoms with Crippen molar-refractivity contribution in [3.8, 4) is 0 Å². The Kier molecular flexibility index (Phi) is 6.08. The SMILES string of the molecule is CCC(CO)N1C(=O)c2ccc3c4c(ccc(c24)C1=O)C(=O)N(c1ccc(CCCC(=O)O)cc1)C3=O. The lowest BCUT2D eigenvalue weighted by Crippen LogP contribution is -2.49. The molecule has 0 aromatic heterocycles. The molecule has 3 aromatic rings. The number of aliphatic carboxylic acids is 1. The fourth-order valence-corrected chi connectivity index (χ4v) is 5.11. The molecular formula is C28H24N2O7. The Bertz CT molecular complexity index is 1420. The van der Waals surface area contributed by atoms with Crippen molar-refractivity contribution in [3.63, 3.8) is 0 Å². The third-order valence-electron chi connectivity index (χ3n) is 7.02. The van der Waals surface area contributed by atoms with Crippen LogP contribution in [0.5, 0.6) is 0 Å². The number of hydrogen-bond acceptors (Lipinski definition) is 6. The summed E-state index contributed by atoms with van der Waals surface area (Å²) in [5.74, 6) is -3.13. The molecule has 0 spiro atoms. The zero-order chi connectivity index (χ0) is 26.4. The summed E-state index contributed by atoms with van der Waals surface area (Å²) in [7, 11) is 0. The molecule has 2 aliphatic rings. The van der Waals surface area contributed by atoms with Gasteiger partial charge in [-0.15, -0.1) is 0 Å². The molecule has 0 bridgehead atoms. The fraction of sp³-hybridized carbons (Fsp3) is 0.250. The summed E-state index contributed by atoms with van der Waals surface area (Å²) in [4.78, 5) is 66.5. The largest absolute Gasteiger partial charge is 0.481 e. The van der Waals surface area contributed by atoms with E-state index in [1.807, 2.05) is 0 Å². The predicted molar refractivity (Wildman–Crippen MR) is 134 cm³/mol. The number of carbonyl (C=O) groups excluding carboxylic acids is 4. The molecule has 2 heterocycles. The summed E-state index contributed by atoms with van der Waals surface area (Å²) < 4.78 is 0. The normalized spacial score (nSPS) is 15.5. The molecule has 0 aliphatic carbocycles. The number of carbonyl (C=O) groups is 5. The number of carboxylic acid groups (broad SMARTS) is 1. The smallest absolute Gasteiger partial charge is 0.303 e. The van der Waals surface area contributed by atoms with Gasteiger partial charge in [-0.05, 0) is 61.2 Å². The zero-order valence-electron chi connectivity index (χ0n) is 20.1. The van der Waals surface area contributed by atoms with E-state index < -0.39 is 35.6 Å². The molecule has 2 aliphatic heterocycles. The minimum atomic E-state index is -0.866. The van der Waals surface area contributed by atoms with E-state index in [0.717, 1.165) is 15.4 Å². The van der Waals surface area contributed by atoms with Gasteiger partial charge in [0, 0.05) is 39.4 Å². The van der Waals surface area contributed by atoms with Crippen molar-refractivity contribution in [2.75, 3.05) is 11.5 Å². The molecule has 0 saturated heterocycles. The minimum absolute atomic E-state index is 0.0531. The molecule has 9 nitrogen and oxygen atoms in total.